The van der Waals surface area contributed by atoms with E-state index in [4.69, 9.17) is 0 Å². The standard InChI is InChI=1S/C10H14N2O5S/c13-9-6-17-10(14)12(9)5-7-3-11(4-7)18(15,16)8-1-2-8/h7-8H,1-6H2. The first-order valence-corrected chi connectivity index (χ1v) is 7.45. The number of ether oxygens (including phenoxy) is 1. The largest absolute Gasteiger partial charge is 0.439 e. The van der Waals surface area contributed by atoms with Gasteiger partial charge in [-0.3, -0.25) is 4.79 Å². The smallest absolute Gasteiger partial charge is 0.417 e. The van der Waals surface area contributed by atoms with Crippen LogP contribution in [-0.4, -0.2) is 61.1 Å². The third-order valence-corrected chi connectivity index (χ3v) is 5.84. The molecular formula is C10H14N2O5S. The van der Waals surface area contributed by atoms with Crippen molar-refractivity contribution in [1.82, 2.24) is 9.21 Å². The zero-order chi connectivity index (χ0) is 12.9. The van der Waals surface area contributed by atoms with Gasteiger partial charge in [0, 0.05) is 25.6 Å². The second-order valence-electron chi connectivity index (χ2n) is 4.99. The lowest BCUT2D eigenvalue weighted by atomic mass is 10.0. The molecule has 0 bridgehead atoms. The van der Waals surface area contributed by atoms with Crippen LogP contribution in [0, 0.1) is 5.92 Å². The molecule has 2 heterocycles. The molecule has 3 aliphatic rings. The van der Waals surface area contributed by atoms with Crippen LogP contribution in [0.4, 0.5) is 4.79 Å². The quantitative estimate of drug-likeness (QED) is 0.683. The van der Waals surface area contributed by atoms with Gasteiger partial charge in [-0.1, -0.05) is 0 Å². The summed E-state index contributed by atoms with van der Waals surface area (Å²) in [5.41, 5.74) is 0. The van der Waals surface area contributed by atoms with Crippen molar-refractivity contribution in [1.29, 1.82) is 0 Å². The van der Waals surface area contributed by atoms with Gasteiger partial charge in [0.2, 0.25) is 10.0 Å². The lowest BCUT2D eigenvalue weighted by Gasteiger charge is -2.39. The first-order chi connectivity index (χ1) is 8.48. The molecule has 0 N–H and O–H groups in total. The molecule has 100 valence electrons. The summed E-state index contributed by atoms with van der Waals surface area (Å²) in [6.07, 6.45) is 0.879. The molecule has 3 rings (SSSR count). The maximum atomic E-state index is 11.8. The van der Waals surface area contributed by atoms with E-state index in [1.54, 1.807) is 0 Å². The summed E-state index contributed by atoms with van der Waals surface area (Å²) < 4.78 is 29.7. The maximum absolute atomic E-state index is 11.8. The van der Waals surface area contributed by atoms with Crippen LogP contribution in [0.3, 0.4) is 0 Å². The van der Waals surface area contributed by atoms with Gasteiger partial charge in [0.25, 0.3) is 5.91 Å². The molecular weight excluding hydrogens is 260 g/mol. The highest BCUT2D eigenvalue weighted by Crippen LogP contribution is 2.34. The van der Waals surface area contributed by atoms with Gasteiger partial charge in [-0.2, -0.15) is 0 Å². The van der Waals surface area contributed by atoms with E-state index in [1.165, 1.54) is 4.31 Å². The van der Waals surface area contributed by atoms with E-state index in [0.717, 1.165) is 17.7 Å². The Labute approximate surface area is 105 Å². The Hall–Kier alpha value is -1.15. The number of carbonyl (C=O) groups is 2. The van der Waals surface area contributed by atoms with Crippen LogP contribution in [0.2, 0.25) is 0 Å². The molecule has 7 nitrogen and oxygen atoms in total. The van der Waals surface area contributed by atoms with Gasteiger partial charge >= 0.3 is 6.09 Å². The molecule has 8 heteroatoms. The molecule has 0 aromatic heterocycles. The molecule has 0 aromatic carbocycles. The van der Waals surface area contributed by atoms with Gasteiger partial charge < -0.3 is 4.74 Å². The Morgan fingerprint density at radius 2 is 1.89 bits per heavy atom. The first kappa shape index (κ1) is 11.9. The summed E-state index contributed by atoms with van der Waals surface area (Å²) in [6, 6.07) is 0. The van der Waals surface area contributed by atoms with Crippen LogP contribution in [0.5, 0.6) is 0 Å². The van der Waals surface area contributed by atoms with Crippen LogP contribution < -0.4 is 0 Å². The normalized spacial score (nSPS) is 26.3. The molecule has 0 radical (unpaired) electrons. The van der Waals surface area contributed by atoms with E-state index >= 15 is 0 Å². The Bertz CT molecular complexity index is 476. The molecule has 2 amide bonds. The first-order valence-electron chi connectivity index (χ1n) is 5.94. The van der Waals surface area contributed by atoms with Crippen molar-refractivity contribution < 1.29 is 22.7 Å². The van der Waals surface area contributed by atoms with E-state index in [1.807, 2.05) is 0 Å². The van der Waals surface area contributed by atoms with Crippen molar-refractivity contribution in [2.45, 2.75) is 18.1 Å². The fraction of sp³-hybridized carbons (Fsp3) is 0.800. The van der Waals surface area contributed by atoms with E-state index in [0.29, 0.717) is 13.1 Å². The Balaban J connectivity index is 1.53. The van der Waals surface area contributed by atoms with Crippen LogP contribution in [-0.2, 0) is 19.6 Å². The summed E-state index contributed by atoms with van der Waals surface area (Å²) in [5, 5.41) is -0.197. The van der Waals surface area contributed by atoms with Crippen molar-refractivity contribution in [2.75, 3.05) is 26.2 Å². The predicted molar refractivity (Wildman–Crippen MR) is 60.1 cm³/mol. The Morgan fingerprint density at radius 3 is 2.39 bits per heavy atom. The van der Waals surface area contributed by atoms with Gasteiger partial charge in [-0.15, -0.1) is 0 Å². The third kappa shape index (κ3) is 1.89. The SMILES string of the molecule is O=C1COC(=O)N1CC1CN(S(=O)(=O)C2CC2)C1. The highest BCUT2D eigenvalue weighted by Gasteiger charge is 2.46. The molecule has 0 aromatic rings. The lowest BCUT2D eigenvalue weighted by molar-refractivity contribution is -0.126. The molecule has 0 atom stereocenters. The zero-order valence-electron chi connectivity index (χ0n) is 9.74. The van der Waals surface area contributed by atoms with E-state index in [2.05, 4.69) is 4.74 Å². The fourth-order valence-electron chi connectivity index (χ4n) is 2.24. The highest BCUT2D eigenvalue weighted by molar-refractivity contribution is 7.90. The van der Waals surface area contributed by atoms with E-state index in [9.17, 15) is 18.0 Å². The third-order valence-electron chi connectivity index (χ3n) is 3.51. The number of sulfonamides is 1. The van der Waals surface area contributed by atoms with E-state index < -0.39 is 16.1 Å². The number of carbonyl (C=O) groups excluding carboxylic acids is 2. The van der Waals surface area contributed by atoms with Crippen molar-refractivity contribution in [3.8, 4) is 0 Å². The molecule has 2 saturated heterocycles. The average molecular weight is 274 g/mol. The lowest BCUT2D eigenvalue weighted by Crippen LogP contribution is -2.55. The topological polar surface area (TPSA) is 84.0 Å². The minimum absolute atomic E-state index is 0.0353. The number of cyclic esters (lactones) is 1. The molecule has 0 spiro atoms. The number of hydrogen-bond acceptors (Lipinski definition) is 5. The minimum Gasteiger partial charge on any atom is -0.439 e. The molecule has 1 saturated carbocycles. The molecule has 0 unspecified atom stereocenters. The Kier molecular flexibility index (Phi) is 2.60. The molecule has 18 heavy (non-hydrogen) atoms. The molecule has 1 aliphatic carbocycles. The monoisotopic (exact) mass is 274 g/mol. The second-order valence-corrected chi connectivity index (χ2v) is 7.20. The summed E-state index contributed by atoms with van der Waals surface area (Å²) in [5.74, 6) is -0.309. The Morgan fingerprint density at radius 1 is 1.22 bits per heavy atom. The van der Waals surface area contributed by atoms with Crippen molar-refractivity contribution in [2.24, 2.45) is 5.92 Å². The summed E-state index contributed by atoms with van der Waals surface area (Å²) >= 11 is 0. The van der Waals surface area contributed by atoms with Crippen LogP contribution >= 0.6 is 0 Å². The second kappa shape index (κ2) is 3.92. The summed E-state index contributed by atoms with van der Waals surface area (Å²) in [4.78, 5) is 23.6. The number of imide groups is 1. The van der Waals surface area contributed by atoms with Gasteiger partial charge in [-0.05, 0) is 12.8 Å². The van der Waals surface area contributed by atoms with Gasteiger partial charge in [0.05, 0.1) is 5.25 Å². The maximum Gasteiger partial charge on any atom is 0.417 e. The molecule has 2 aliphatic heterocycles. The number of amides is 2. The van der Waals surface area contributed by atoms with Gasteiger partial charge in [0.15, 0.2) is 6.61 Å². The van der Waals surface area contributed by atoms with Crippen LogP contribution in [0.1, 0.15) is 12.8 Å². The summed E-state index contributed by atoms with van der Waals surface area (Å²) in [7, 11) is -3.11. The van der Waals surface area contributed by atoms with Crippen molar-refractivity contribution >= 4 is 22.0 Å². The van der Waals surface area contributed by atoms with Crippen molar-refractivity contribution in [3.05, 3.63) is 0 Å². The average Bonchev–Trinajstić information content (AvgIpc) is 3.03. The number of rotatable bonds is 4. The fourth-order valence-corrected chi connectivity index (χ4v) is 4.23. The van der Waals surface area contributed by atoms with Crippen LogP contribution in [0.15, 0.2) is 0 Å². The van der Waals surface area contributed by atoms with Gasteiger partial charge in [-0.25, -0.2) is 22.4 Å². The van der Waals surface area contributed by atoms with Crippen molar-refractivity contribution in [3.63, 3.8) is 0 Å². The van der Waals surface area contributed by atoms with Gasteiger partial charge in [0.1, 0.15) is 0 Å². The number of hydrogen-bond donors (Lipinski definition) is 0. The molecule has 3 fully saturated rings. The minimum atomic E-state index is -3.11. The predicted octanol–water partition coefficient (Wildman–Crippen LogP) is -0.611. The van der Waals surface area contributed by atoms with E-state index in [-0.39, 0.29) is 30.2 Å². The zero-order valence-corrected chi connectivity index (χ0v) is 10.6. The number of nitrogens with zero attached hydrogens (tertiary/aromatic N) is 2. The van der Waals surface area contributed by atoms with Crippen LogP contribution in [0.25, 0.3) is 0 Å². The summed E-state index contributed by atoms with van der Waals surface area (Å²) in [6.45, 7) is 0.857. The highest BCUT2D eigenvalue weighted by atomic mass is 32.2.